The van der Waals surface area contributed by atoms with Crippen molar-refractivity contribution in [2.75, 3.05) is 14.1 Å². The zero-order chi connectivity index (χ0) is 22.1. The van der Waals surface area contributed by atoms with Gasteiger partial charge in [0.15, 0.2) is 6.61 Å². The molecule has 1 aromatic carbocycles. The molecule has 1 fully saturated rings. The van der Waals surface area contributed by atoms with E-state index >= 15 is 0 Å². The zero-order valence-electron chi connectivity index (χ0n) is 19.1. The number of benzene rings is 1. The largest absolute Gasteiger partial charge is 0.485 e. The van der Waals surface area contributed by atoms with Crippen LogP contribution in [0.2, 0.25) is 0 Å². The number of aliphatic hydroxyl groups is 1. The molecule has 31 heavy (non-hydrogen) atoms. The fourth-order valence-electron chi connectivity index (χ4n) is 5.59. The van der Waals surface area contributed by atoms with E-state index in [1.165, 1.54) is 11.1 Å². The first-order valence-corrected chi connectivity index (χ1v) is 11.3. The molecule has 6 nitrogen and oxygen atoms in total. The summed E-state index contributed by atoms with van der Waals surface area (Å²) in [5.41, 5.74) is 2.10. The normalized spacial score (nSPS) is 27.2. The van der Waals surface area contributed by atoms with E-state index in [2.05, 4.69) is 47.1 Å². The average molecular weight is 424 g/mol. The van der Waals surface area contributed by atoms with Gasteiger partial charge in [-0.25, -0.2) is 0 Å². The van der Waals surface area contributed by atoms with Gasteiger partial charge in [-0.15, -0.1) is 5.92 Å². The number of fused-ring (bicyclic) bond motifs is 3. The zero-order valence-corrected chi connectivity index (χ0v) is 19.1. The highest BCUT2D eigenvalue weighted by Gasteiger charge is 2.50. The molecule has 1 aromatic heterocycles. The Morgan fingerprint density at radius 1 is 1.32 bits per heavy atom. The third kappa shape index (κ3) is 4.35. The van der Waals surface area contributed by atoms with Crippen molar-refractivity contribution >= 4 is 0 Å². The molecule has 4 rings (SSSR count). The van der Waals surface area contributed by atoms with Crippen molar-refractivity contribution in [3.8, 4) is 17.6 Å². The summed E-state index contributed by atoms with van der Waals surface area (Å²) in [6, 6.07) is 6.48. The van der Waals surface area contributed by atoms with Crippen LogP contribution in [-0.4, -0.2) is 39.8 Å². The van der Waals surface area contributed by atoms with E-state index in [0.717, 1.165) is 44.3 Å². The number of rotatable bonds is 6. The fraction of sp³-hybridized carbons (Fsp3) is 0.600. The van der Waals surface area contributed by atoms with Crippen LogP contribution in [0, 0.1) is 17.8 Å². The van der Waals surface area contributed by atoms with Gasteiger partial charge in [-0.05, 0) is 94.1 Å². The molecule has 2 aliphatic carbocycles. The Morgan fingerprint density at radius 2 is 2.16 bits per heavy atom. The van der Waals surface area contributed by atoms with Crippen LogP contribution in [-0.2, 0) is 25.0 Å². The van der Waals surface area contributed by atoms with Crippen LogP contribution in [0.5, 0.6) is 5.75 Å². The van der Waals surface area contributed by atoms with E-state index in [9.17, 15) is 5.11 Å². The van der Waals surface area contributed by atoms with Crippen LogP contribution in [0.1, 0.15) is 68.8 Å². The Bertz CT molecular complexity index is 989. The van der Waals surface area contributed by atoms with Crippen LogP contribution in [0.4, 0.5) is 0 Å². The fourth-order valence-corrected chi connectivity index (χ4v) is 5.59. The standard InChI is InChI=1S/C25H33N3O3/c1-5-11-24(29)12-13-25(6-2)19(15-24)8-7-18-14-20(9-10-21(18)25)30-17-22-26-23(31-27-22)16-28(3)4/h9-10,14,19,29H,6-8,12-13,15-17H2,1-4H3/t19-,24-,25-/m1/s1. The van der Waals surface area contributed by atoms with Gasteiger partial charge in [-0.3, -0.25) is 0 Å². The molecule has 2 aromatic rings. The number of hydrogen-bond acceptors (Lipinski definition) is 6. The Labute approximate surface area is 185 Å². The van der Waals surface area contributed by atoms with Gasteiger partial charge in [0, 0.05) is 0 Å². The van der Waals surface area contributed by atoms with Gasteiger partial charge in [0.2, 0.25) is 11.7 Å². The van der Waals surface area contributed by atoms with Crippen LogP contribution in [0.3, 0.4) is 0 Å². The third-order valence-corrected chi connectivity index (χ3v) is 7.04. The van der Waals surface area contributed by atoms with Crippen LogP contribution >= 0.6 is 0 Å². The van der Waals surface area contributed by atoms with Crippen molar-refractivity contribution in [3.05, 3.63) is 41.0 Å². The molecule has 1 N–H and O–H groups in total. The second-order valence-electron chi connectivity index (χ2n) is 9.31. The number of aryl methyl sites for hydroxylation is 1. The molecule has 3 atom stereocenters. The summed E-state index contributed by atoms with van der Waals surface area (Å²) in [6.07, 6.45) is 5.65. The van der Waals surface area contributed by atoms with E-state index in [4.69, 9.17) is 9.26 Å². The Kier molecular flexibility index (Phi) is 6.09. The van der Waals surface area contributed by atoms with E-state index in [-0.39, 0.29) is 5.41 Å². The number of ether oxygens (including phenoxy) is 1. The topological polar surface area (TPSA) is 71.6 Å². The van der Waals surface area contributed by atoms with E-state index in [1.807, 2.05) is 25.9 Å². The van der Waals surface area contributed by atoms with E-state index < -0.39 is 5.60 Å². The van der Waals surface area contributed by atoms with Gasteiger partial charge in [0.1, 0.15) is 11.4 Å². The predicted molar refractivity (Wildman–Crippen MR) is 118 cm³/mol. The molecule has 0 amide bonds. The first-order chi connectivity index (χ1) is 14.9. The van der Waals surface area contributed by atoms with E-state index in [1.54, 1.807) is 0 Å². The third-order valence-electron chi connectivity index (χ3n) is 7.04. The summed E-state index contributed by atoms with van der Waals surface area (Å²) in [5.74, 6) is 8.46. The molecule has 0 radical (unpaired) electrons. The van der Waals surface area contributed by atoms with Gasteiger partial charge in [0.05, 0.1) is 6.54 Å². The molecular weight excluding hydrogens is 390 g/mol. The molecule has 1 heterocycles. The molecular formula is C25H33N3O3. The Hall–Kier alpha value is -2.36. The Balaban J connectivity index is 1.49. The molecule has 1 saturated carbocycles. The molecule has 0 aliphatic heterocycles. The van der Waals surface area contributed by atoms with Crippen molar-refractivity contribution < 1.29 is 14.4 Å². The minimum Gasteiger partial charge on any atom is -0.485 e. The monoisotopic (exact) mass is 423 g/mol. The lowest BCUT2D eigenvalue weighted by Gasteiger charge is -2.52. The van der Waals surface area contributed by atoms with Crippen molar-refractivity contribution in [1.29, 1.82) is 0 Å². The lowest BCUT2D eigenvalue weighted by molar-refractivity contribution is -0.00926. The predicted octanol–water partition coefficient (Wildman–Crippen LogP) is 3.86. The number of hydrogen-bond donors (Lipinski definition) is 1. The maximum Gasteiger partial charge on any atom is 0.240 e. The van der Waals surface area contributed by atoms with Gasteiger partial charge >= 0.3 is 0 Å². The molecule has 6 heteroatoms. The molecule has 0 bridgehead atoms. The quantitative estimate of drug-likeness (QED) is 0.712. The van der Waals surface area contributed by atoms with Crippen molar-refractivity contribution in [2.45, 2.75) is 76.5 Å². The van der Waals surface area contributed by atoms with Crippen LogP contribution < -0.4 is 4.74 Å². The van der Waals surface area contributed by atoms with Crippen molar-refractivity contribution in [3.63, 3.8) is 0 Å². The van der Waals surface area contributed by atoms with Crippen LogP contribution in [0.25, 0.3) is 0 Å². The van der Waals surface area contributed by atoms with Gasteiger partial charge in [-0.1, -0.05) is 24.1 Å². The summed E-state index contributed by atoms with van der Waals surface area (Å²) < 4.78 is 11.2. The molecule has 2 aliphatic rings. The maximum absolute atomic E-state index is 10.9. The van der Waals surface area contributed by atoms with Gasteiger partial charge < -0.3 is 19.3 Å². The number of nitrogens with zero attached hydrogens (tertiary/aromatic N) is 3. The lowest BCUT2D eigenvalue weighted by Crippen LogP contribution is -2.49. The summed E-state index contributed by atoms with van der Waals surface area (Å²) in [5, 5.41) is 14.9. The SMILES string of the molecule is CC#C[C@@]1(O)CC[C@@]2(CC)c3ccc(OCc4noc(CN(C)C)n4)cc3CC[C@@H]2C1. The summed E-state index contributed by atoms with van der Waals surface area (Å²) in [6.45, 7) is 5.00. The van der Waals surface area contributed by atoms with Gasteiger partial charge in [-0.2, -0.15) is 4.98 Å². The molecule has 0 spiro atoms. The average Bonchev–Trinajstić information content (AvgIpc) is 3.18. The summed E-state index contributed by atoms with van der Waals surface area (Å²) in [7, 11) is 3.93. The lowest BCUT2D eigenvalue weighted by atomic mass is 9.53. The second kappa shape index (κ2) is 8.64. The summed E-state index contributed by atoms with van der Waals surface area (Å²) >= 11 is 0. The molecule has 0 unspecified atom stereocenters. The minimum atomic E-state index is -0.825. The van der Waals surface area contributed by atoms with Crippen molar-refractivity contribution in [2.24, 2.45) is 5.92 Å². The highest BCUT2D eigenvalue weighted by molar-refractivity contribution is 5.44. The highest BCUT2D eigenvalue weighted by Crippen LogP contribution is 2.54. The maximum atomic E-state index is 10.9. The van der Waals surface area contributed by atoms with Gasteiger partial charge in [0.25, 0.3) is 0 Å². The minimum absolute atomic E-state index is 0.127. The van der Waals surface area contributed by atoms with E-state index in [0.29, 0.717) is 30.8 Å². The number of aromatic nitrogens is 2. The first kappa shape index (κ1) is 21.9. The highest BCUT2D eigenvalue weighted by atomic mass is 16.5. The smallest absolute Gasteiger partial charge is 0.240 e. The summed E-state index contributed by atoms with van der Waals surface area (Å²) in [4.78, 5) is 6.37. The molecule has 0 saturated heterocycles. The molecule has 166 valence electrons. The first-order valence-electron chi connectivity index (χ1n) is 11.3. The van der Waals surface area contributed by atoms with Crippen LogP contribution in [0.15, 0.2) is 22.7 Å². The van der Waals surface area contributed by atoms with Crippen molar-refractivity contribution in [1.82, 2.24) is 15.0 Å². The Morgan fingerprint density at radius 3 is 2.90 bits per heavy atom. The second-order valence-corrected chi connectivity index (χ2v) is 9.31.